The Balaban J connectivity index is 1.74. The minimum Gasteiger partial charge on any atom is -0.497 e. The van der Waals surface area contributed by atoms with Gasteiger partial charge in [-0.25, -0.2) is 9.67 Å². The van der Waals surface area contributed by atoms with Gasteiger partial charge in [0, 0.05) is 11.6 Å². The fourth-order valence-electron chi connectivity index (χ4n) is 3.23. The van der Waals surface area contributed by atoms with Crippen molar-refractivity contribution in [2.75, 3.05) is 18.2 Å². The molecule has 1 aliphatic rings. The molecule has 2 aromatic heterocycles. The highest BCUT2D eigenvalue weighted by molar-refractivity contribution is 5.99. The molecule has 3 N–H and O–H groups in total. The minimum absolute atomic E-state index is 0.434. The largest absolute Gasteiger partial charge is 0.497 e. The first-order valence-corrected chi connectivity index (χ1v) is 9.25. The van der Waals surface area contributed by atoms with Crippen LogP contribution in [0.15, 0.2) is 54.6 Å². The number of nitrogens with one attached hydrogen (secondary N) is 1. The summed E-state index contributed by atoms with van der Waals surface area (Å²) in [6.07, 6.45) is 2.27. The van der Waals surface area contributed by atoms with Crippen LogP contribution in [-0.4, -0.2) is 32.9 Å². The number of nitrogens with two attached hydrogens (primary N) is 1. The molecule has 0 atom stereocenters. The number of hydrogen-bond acceptors (Lipinski definition) is 6. The molecule has 0 aliphatic heterocycles. The van der Waals surface area contributed by atoms with E-state index in [0.29, 0.717) is 23.5 Å². The van der Waals surface area contributed by atoms with Crippen LogP contribution in [0.1, 0.15) is 12.8 Å². The molecule has 7 heteroatoms. The molecule has 5 rings (SSSR count). The third-order valence-electron chi connectivity index (χ3n) is 4.82. The van der Waals surface area contributed by atoms with E-state index in [0.717, 1.165) is 40.9 Å². The zero-order valence-corrected chi connectivity index (χ0v) is 15.5. The van der Waals surface area contributed by atoms with Gasteiger partial charge in [0.05, 0.1) is 23.9 Å². The van der Waals surface area contributed by atoms with E-state index in [1.807, 2.05) is 54.6 Å². The van der Waals surface area contributed by atoms with Gasteiger partial charge >= 0.3 is 0 Å². The second-order valence-corrected chi connectivity index (χ2v) is 6.88. The first-order chi connectivity index (χ1) is 13.7. The van der Waals surface area contributed by atoms with Crippen LogP contribution in [0.5, 0.6) is 5.75 Å². The van der Waals surface area contributed by atoms with Crippen LogP contribution in [0.3, 0.4) is 0 Å². The molecule has 2 heterocycles. The summed E-state index contributed by atoms with van der Waals surface area (Å²) >= 11 is 0. The highest BCUT2D eigenvalue weighted by Gasteiger charge is 2.24. The van der Waals surface area contributed by atoms with Gasteiger partial charge in [-0.15, -0.1) is 5.10 Å². The van der Waals surface area contributed by atoms with E-state index in [-0.39, 0.29) is 0 Å². The molecule has 1 aliphatic carbocycles. The molecule has 1 fully saturated rings. The SMILES string of the molecule is COc1cccc(-c2nc(NC3CC3)nc3nn(-c4ccccc4)c(N)c23)c1. The number of anilines is 2. The lowest BCUT2D eigenvalue weighted by atomic mass is 10.1. The van der Waals surface area contributed by atoms with Crippen LogP contribution in [0, 0.1) is 0 Å². The van der Waals surface area contributed by atoms with E-state index in [1.165, 1.54) is 0 Å². The van der Waals surface area contributed by atoms with Gasteiger partial charge in [-0.1, -0.05) is 30.3 Å². The zero-order valence-electron chi connectivity index (χ0n) is 15.5. The lowest BCUT2D eigenvalue weighted by molar-refractivity contribution is 0.415. The molecule has 0 unspecified atom stereocenters. The van der Waals surface area contributed by atoms with Gasteiger partial charge < -0.3 is 15.8 Å². The molecule has 0 amide bonds. The molecule has 28 heavy (non-hydrogen) atoms. The van der Waals surface area contributed by atoms with E-state index >= 15 is 0 Å². The maximum Gasteiger partial charge on any atom is 0.225 e. The fourth-order valence-corrected chi connectivity index (χ4v) is 3.23. The summed E-state index contributed by atoms with van der Waals surface area (Å²) in [5.41, 5.74) is 9.61. The molecule has 0 bridgehead atoms. The van der Waals surface area contributed by atoms with Crippen molar-refractivity contribution in [1.82, 2.24) is 19.7 Å². The molecule has 4 aromatic rings. The maximum absolute atomic E-state index is 6.51. The quantitative estimate of drug-likeness (QED) is 0.556. The molecule has 0 spiro atoms. The van der Waals surface area contributed by atoms with E-state index in [9.17, 15) is 0 Å². The van der Waals surface area contributed by atoms with Crippen molar-refractivity contribution in [2.24, 2.45) is 0 Å². The highest BCUT2D eigenvalue weighted by Crippen LogP contribution is 2.34. The molecule has 0 radical (unpaired) electrons. The van der Waals surface area contributed by atoms with E-state index in [1.54, 1.807) is 11.8 Å². The summed E-state index contributed by atoms with van der Waals surface area (Å²) in [5, 5.41) is 8.78. The molecule has 1 saturated carbocycles. The topological polar surface area (TPSA) is 90.9 Å². The van der Waals surface area contributed by atoms with Crippen LogP contribution < -0.4 is 15.8 Å². The normalized spacial score (nSPS) is 13.6. The average molecular weight is 372 g/mol. The fraction of sp³-hybridized carbons (Fsp3) is 0.190. The molecule has 7 nitrogen and oxygen atoms in total. The third kappa shape index (κ3) is 2.90. The number of hydrogen-bond donors (Lipinski definition) is 2. The first kappa shape index (κ1) is 16.6. The van der Waals surface area contributed by atoms with Crippen molar-refractivity contribution < 1.29 is 4.74 Å². The predicted molar refractivity (Wildman–Crippen MR) is 110 cm³/mol. The number of fused-ring (bicyclic) bond motifs is 1. The lowest BCUT2D eigenvalue weighted by Crippen LogP contribution is -2.06. The van der Waals surface area contributed by atoms with E-state index in [4.69, 9.17) is 15.5 Å². The van der Waals surface area contributed by atoms with Crippen LogP contribution in [0.4, 0.5) is 11.8 Å². The summed E-state index contributed by atoms with van der Waals surface area (Å²) in [5.74, 6) is 1.84. The second kappa shape index (κ2) is 6.53. The van der Waals surface area contributed by atoms with Crippen molar-refractivity contribution in [1.29, 1.82) is 0 Å². The number of nitrogens with zero attached hydrogens (tertiary/aromatic N) is 4. The summed E-state index contributed by atoms with van der Waals surface area (Å²) in [7, 11) is 1.65. The Morgan fingerprint density at radius 1 is 1.07 bits per heavy atom. The smallest absolute Gasteiger partial charge is 0.225 e. The van der Waals surface area contributed by atoms with Crippen LogP contribution in [-0.2, 0) is 0 Å². The number of methoxy groups -OCH3 is 1. The van der Waals surface area contributed by atoms with Crippen molar-refractivity contribution >= 4 is 22.8 Å². The second-order valence-electron chi connectivity index (χ2n) is 6.88. The van der Waals surface area contributed by atoms with E-state index < -0.39 is 0 Å². The predicted octanol–water partition coefficient (Wildman–Crippen LogP) is 3.65. The Morgan fingerprint density at radius 2 is 1.89 bits per heavy atom. The van der Waals surface area contributed by atoms with Crippen molar-refractivity contribution in [3.8, 4) is 22.7 Å². The molecule has 140 valence electrons. The number of para-hydroxylation sites is 1. The summed E-state index contributed by atoms with van der Waals surface area (Å²) in [6.45, 7) is 0. The Labute approximate surface area is 162 Å². The monoisotopic (exact) mass is 372 g/mol. The molecule has 2 aromatic carbocycles. The van der Waals surface area contributed by atoms with Gasteiger partial charge in [0.2, 0.25) is 5.95 Å². The number of ether oxygens (including phenoxy) is 1. The standard InChI is InChI=1S/C21H20N6O/c1-28-16-9-5-6-13(12-16)18-17-19(22)27(15-7-3-2-4-8-15)26-20(17)25-21(24-18)23-14-10-11-14/h2-9,12,14H,10-11,22H2,1H3,(H,23,25,26). The number of nitrogen functional groups attached to an aromatic ring is 1. The maximum atomic E-state index is 6.51. The Bertz CT molecular complexity index is 1150. The summed E-state index contributed by atoms with van der Waals surface area (Å²) in [4.78, 5) is 9.41. The van der Waals surface area contributed by atoms with Crippen LogP contribution in [0.2, 0.25) is 0 Å². The molecule has 0 saturated heterocycles. The third-order valence-corrected chi connectivity index (χ3v) is 4.82. The molecular formula is C21H20N6O. The molecular weight excluding hydrogens is 352 g/mol. The number of aromatic nitrogens is 4. The Morgan fingerprint density at radius 3 is 2.64 bits per heavy atom. The summed E-state index contributed by atoms with van der Waals surface area (Å²) in [6, 6.07) is 18.0. The van der Waals surface area contributed by atoms with Crippen molar-refractivity contribution in [3.63, 3.8) is 0 Å². The van der Waals surface area contributed by atoms with Gasteiger partial charge in [0.15, 0.2) is 5.65 Å². The number of rotatable bonds is 5. The number of benzene rings is 2. The summed E-state index contributed by atoms with van der Waals surface area (Å²) < 4.78 is 7.10. The first-order valence-electron chi connectivity index (χ1n) is 9.25. The zero-order chi connectivity index (χ0) is 19.1. The van der Waals surface area contributed by atoms with Gasteiger partial charge in [0.1, 0.15) is 11.6 Å². The lowest BCUT2D eigenvalue weighted by Gasteiger charge is -2.09. The van der Waals surface area contributed by atoms with E-state index in [2.05, 4.69) is 15.4 Å². The minimum atomic E-state index is 0.434. The Hall–Kier alpha value is -3.61. The highest BCUT2D eigenvalue weighted by atomic mass is 16.5. The Kier molecular flexibility index (Phi) is 3.86. The van der Waals surface area contributed by atoms with Crippen molar-refractivity contribution in [2.45, 2.75) is 18.9 Å². The average Bonchev–Trinajstić information content (AvgIpc) is 3.49. The van der Waals surface area contributed by atoms with Crippen LogP contribution >= 0.6 is 0 Å². The van der Waals surface area contributed by atoms with Gasteiger partial charge in [-0.2, -0.15) is 4.98 Å². The van der Waals surface area contributed by atoms with Crippen molar-refractivity contribution in [3.05, 3.63) is 54.6 Å². The van der Waals surface area contributed by atoms with Crippen LogP contribution in [0.25, 0.3) is 28.0 Å². The van der Waals surface area contributed by atoms with Gasteiger partial charge in [-0.3, -0.25) is 0 Å². The van der Waals surface area contributed by atoms with Gasteiger partial charge in [-0.05, 0) is 37.1 Å². The van der Waals surface area contributed by atoms with Gasteiger partial charge in [0.25, 0.3) is 0 Å².